The van der Waals surface area contributed by atoms with Gasteiger partial charge in [0.15, 0.2) is 0 Å². The summed E-state index contributed by atoms with van der Waals surface area (Å²) in [5, 5.41) is 19.8. The number of β-amino-alcohol motifs (C(OH)–C–C–N with tert-alkyl or cyclic N) is 1. The molecule has 0 spiro atoms. The van der Waals surface area contributed by atoms with Crippen LogP contribution in [0.4, 0.5) is 0 Å². The predicted molar refractivity (Wildman–Crippen MR) is 183 cm³/mol. The third-order valence-electron chi connectivity index (χ3n) is 9.15. The van der Waals surface area contributed by atoms with Crippen molar-refractivity contribution in [2.75, 3.05) is 13.6 Å². The number of benzene rings is 2. The number of aliphatic hydroxyl groups is 1. The SMILES string of the molecule is CNC1CC(Oc2ccc(CC(=O)N[C@H](C(=O)N3C[C@H](O)C[C@H]3C(=O)N[C@@H](C)c3ccc(-c4scnc4C)cc3)C(C)(C)C)cc2)C1. The first-order valence-electron chi connectivity index (χ1n) is 16.3. The summed E-state index contributed by atoms with van der Waals surface area (Å²) < 4.78 is 6.00. The highest BCUT2D eigenvalue weighted by Crippen LogP contribution is 2.30. The smallest absolute Gasteiger partial charge is 0.246 e. The minimum Gasteiger partial charge on any atom is -0.490 e. The maximum Gasteiger partial charge on any atom is 0.246 e. The molecule has 252 valence electrons. The number of aromatic nitrogens is 1. The van der Waals surface area contributed by atoms with Gasteiger partial charge >= 0.3 is 0 Å². The first kappa shape index (κ1) is 34.5. The average molecular weight is 662 g/mol. The molecule has 3 amide bonds. The lowest BCUT2D eigenvalue weighted by atomic mass is 9.85. The standard InChI is InChI=1S/C36H47N5O5S/c1-21(24-9-11-25(12-10-24)32-22(2)38-20-47-32)39-34(44)30-18-27(42)19-41(30)35(45)33(36(3,4)5)40-31(43)15-23-7-13-28(14-8-23)46-29-16-26(17-29)37-6/h7-14,20-21,26-27,29-30,33,37,42H,15-19H2,1-6H3,(H,39,44)(H,40,43)/t21-,26?,27+,29?,30-,33+/m0/s1. The van der Waals surface area contributed by atoms with Crippen LogP contribution in [0.25, 0.3) is 10.4 Å². The molecule has 3 aromatic rings. The number of carbonyl (C=O) groups is 3. The molecule has 1 aromatic heterocycles. The van der Waals surface area contributed by atoms with Gasteiger partial charge in [0.05, 0.1) is 34.6 Å². The average Bonchev–Trinajstić information content (AvgIpc) is 3.62. The van der Waals surface area contributed by atoms with Crippen LogP contribution in [0.15, 0.2) is 54.0 Å². The van der Waals surface area contributed by atoms with Gasteiger partial charge in [-0.3, -0.25) is 14.4 Å². The van der Waals surface area contributed by atoms with E-state index in [-0.39, 0.29) is 49.3 Å². The molecule has 2 fully saturated rings. The fourth-order valence-corrected chi connectivity index (χ4v) is 7.00. The van der Waals surface area contributed by atoms with Gasteiger partial charge in [-0.05, 0) is 68.0 Å². The summed E-state index contributed by atoms with van der Waals surface area (Å²) in [5.41, 5.74) is 4.95. The Bertz CT molecular complexity index is 1540. The van der Waals surface area contributed by atoms with Crippen molar-refractivity contribution in [1.82, 2.24) is 25.8 Å². The van der Waals surface area contributed by atoms with Gasteiger partial charge in [0.25, 0.3) is 0 Å². The largest absolute Gasteiger partial charge is 0.490 e. The number of amides is 3. The second-order valence-electron chi connectivity index (χ2n) is 13.9. The molecular formula is C36H47N5O5S. The van der Waals surface area contributed by atoms with Crippen LogP contribution in [-0.2, 0) is 20.8 Å². The number of nitrogens with one attached hydrogen (secondary N) is 3. The fourth-order valence-electron chi connectivity index (χ4n) is 6.19. The van der Waals surface area contributed by atoms with E-state index >= 15 is 0 Å². The highest BCUT2D eigenvalue weighted by molar-refractivity contribution is 7.13. The van der Waals surface area contributed by atoms with Gasteiger partial charge in [0, 0.05) is 19.0 Å². The van der Waals surface area contributed by atoms with Crippen molar-refractivity contribution in [2.24, 2.45) is 5.41 Å². The normalized spacial score (nSPS) is 22.2. The predicted octanol–water partition coefficient (Wildman–Crippen LogP) is 4.16. The first-order chi connectivity index (χ1) is 22.3. The van der Waals surface area contributed by atoms with Crippen LogP contribution < -0.4 is 20.7 Å². The first-order valence-corrected chi connectivity index (χ1v) is 17.2. The van der Waals surface area contributed by atoms with Crippen LogP contribution in [0.3, 0.4) is 0 Å². The van der Waals surface area contributed by atoms with Crippen LogP contribution in [0.1, 0.15) is 69.8 Å². The highest BCUT2D eigenvalue weighted by Gasteiger charge is 2.44. The number of hydrogen-bond donors (Lipinski definition) is 4. The number of hydrogen-bond acceptors (Lipinski definition) is 8. The zero-order valence-electron chi connectivity index (χ0n) is 28.1. The van der Waals surface area contributed by atoms with Crippen molar-refractivity contribution < 1.29 is 24.2 Å². The summed E-state index contributed by atoms with van der Waals surface area (Å²) >= 11 is 1.59. The van der Waals surface area contributed by atoms with E-state index in [9.17, 15) is 19.5 Å². The number of aliphatic hydroxyl groups excluding tert-OH is 1. The summed E-state index contributed by atoms with van der Waals surface area (Å²) in [5.74, 6) is -0.252. The lowest BCUT2D eigenvalue weighted by Crippen LogP contribution is -2.58. The lowest BCUT2D eigenvalue weighted by Gasteiger charge is -2.35. The van der Waals surface area contributed by atoms with Crippen LogP contribution in [0.2, 0.25) is 0 Å². The molecule has 0 bridgehead atoms. The Morgan fingerprint density at radius 3 is 2.32 bits per heavy atom. The Morgan fingerprint density at radius 2 is 1.72 bits per heavy atom. The number of carbonyl (C=O) groups excluding carboxylic acids is 3. The Labute approximate surface area is 281 Å². The maximum atomic E-state index is 14.0. The van der Waals surface area contributed by atoms with Crippen molar-refractivity contribution in [3.63, 3.8) is 0 Å². The summed E-state index contributed by atoms with van der Waals surface area (Å²) in [6.45, 7) is 9.53. The molecule has 47 heavy (non-hydrogen) atoms. The van der Waals surface area contributed by atoms with Crippen LogP contribution in [0.5, 0.6) is 5.75 Å². The van der Waals surface area contributed by atoms with Crippen molar-refractivity contribution >= 4 is 29.1 Å². The van der Waals surface area contributed by atoms with Crippen molar-refractivity contribution in [1.29, 1.82) is 0 Å². The van der Waals surface area contributed by atoms with Crippen LogP contribution in [-0.4, -0.2) is 76.6 Å². The summed E-state index contributed by atoms with van der Waals surface area (Å²) in [7, 11) is 1.95. The molecule has 0 radical (unpaired) electrons. The van der Waals surface area contributed by atoms with Gasteiger partial charge in [-0.2, -0.15) is 0 Å². The number of thiazole rings is 1. The topological polar surface area (TPSA) is 133 Å². The molecule has 4 N–H and O–H groups in total. The molecule has 1 aliphatic heterocycles. The molecular weight excluding hydrogens is 614 g/mol. The number of ether oxygens (including phenoxy) is 1. The number of nitrogens with zero attached hydrogens (tertiary/aromatic N) is 2. The third kappa shape index (κ3) is 8.38. The zero-order valence-corrected chi connectivity index (χ0v) is 28.9. The third-order valence-corrected chi connectivity index (χ3v) is 10.1. The van der Waals surface area contributed by atoms with Gasteiger partial charge in [0.2, 0.25) is 17.7 Å². The van der Waals surface area contributed by atoms with Gasteiger partial charge < -0.3 is 30.7 Å². The van der Waals surface area contributed by atoms with Gasteiger partial charge in [0.1, 0.15) is 23.9 Å². The van der Waals surface area contributed by atoms with Gasteiger partial charge in [-0.1, -0.05) is 57.2 Å². The number of rotatable bonds is 11. The van der Waals surface area contributed by atoms with Gasteiger partial charge in [-0.25, -0.2) is 4.98 Å². The van der Waals surface area contributed by atoms with Crippen LogP contribution >= 0.6 is 11.3 Å². The Balaban J connectivity index is 1.20. The summed E-state index contributed by atoms with van der Waals surface area (Å²) in [6.07, 6.45) is 1.53. The maximum absolute atomic E-state index is 14.0. The Morgan fingerprint density at radius 1 is 1.04 bits per heavy atom. The van der Waals surface area contributed by atoms with E-state index in [1.54, 1.807) is 11.3 Å². The molecule has 2 heterocycles. The molecule has 11 heteroatoms. The second-order valence-corrected chi connectivity index (χ2v) is 14.8. The fraction of sp³-hybridized carbons (Fsp3) is 0.500. The van der Waals surface area contributed by atoms with E-state index in [4.69, 9.17) is 4.74 Å². The summed E-state index contributed by atoms with van der Waals surface area (Å²) in [6, 6.07) is 13.9. The molecule has 1 saturated carbocycles. The van der Waals surface area contributed by atoms with E-state index in [1.807, 2.05) is 95.7 Å². The number of aryl methyl sites for hydroxylation is 1. The van der Waals surface area contributed by atoms with E-state index in [0.717, 1.165) is 45.9 Å². The van der Waals surface area contributed by atoms with E-state index in [2.05, 4.69) is 20.9 Å². The quantitative estimate of drug-likeness (QED) is 0.243. The lowest BCUT2D eigenvalue weighted by molar-refractivity contribution is -0.144. The number of likely N-dealkylation sites (tertiary alicyclic amines) is 1. The molecule has 2 aromatic carbocycles. The Hall–Kier alpha value is -3.80. The molecule has 5 rings (SSSR count). The highest BCUT2D eigenvalue weighted by atomic mass is 32.1. The monoisotopic (exact) mass is 661 g/mol. The minimum atomic E-state index is -0.892. The molecule has 10 nitrogen and oxygen atoms in total. The van der Waals surface area contributed by atoms with Gasteiger partial charge in [-0.15, -0.1) is 11.3 Å². The van der Waals surface area contributed by atoms with Crippen LogP contribution in [0, 0.1) is 12.3 Å². The molecule has 0 unspecified atom stereocenters. The second kappa shape index (κ2) is 14.5. The molecule has 1 aliphatic carbocycles. The van der Waals surface area contributed by atoms with Crippen molar-refractivity contribution in [3.8, 4) is 16.2 Å². The van der Waals surface area contributed by atoms with E-state index < -0.39 is 23.6 Å². The van der Waals surface area contributed by atoms with E-state index in [0.29, 0.717) is 6.04 Å². The molecule has 1 saturated heterocycles. The zero-order chi connectivity index (χ0) is 33.9. The van der Waals surface area contributed by atoms with E-state index in [1.165, 1.54) is 4.90 Å². The molecule has 4 atom stereocenters. The van der Waals surface area contributed by atoms with Crippen molar-refractivity contribution in [3.05, 3.63) is 70.9 Å². The molecule has 2 aliphatic rings. The summed E-state index contributed by atoms with van der Waals surface area (Å²) in [4.78, 5) is 47.6. The minimum absolute atomic E-state index is 0.0220. The van der Waals surface area contributed by atoms with Crippen molar-refractivity contribution in [2.45, 2.75) is 96.7 Å². The Kier molecular flexibility index (Phi) is 10.7.